The number of carbonyl (C=O) groups excluding carboxylic acids is 5. The molecule has 0 radical (unpaired) electrons. The van der Waals surface area contributed by atoms with E-state index in [2.05, 4.69) is 34.1 Å². The molecule has 0 saturated heterocycles. The molecule has 60 heavy (non-hydrogen) atoms. The zero-order chi connectivity index (χ0) is 43.0. The molecule has 1 aliphatic carbocycles. The Kier molecular flexibility index (Phi) is 16.0. The number of nitrogens with zero attached hydrogens (tertiary/aromatic N) is 2. The maximum absolute atomic E-state index is 14.1. The zero-order valence-corrected chi connectivity index (χ0v) is 33.7. The van der Waals surface area contributed by atoms with E-state index in [4.69, 9.17) is 30.4 Å². The molecule has 1 atom stereocenters. The molecular weight excluding hydrogens is 769 g/mol. The van der Waals surface area contributed by atoms with Crippen molar-refractivity contribution >= 4 is 47.4 Å². The van der Waals surface area contributed by atoms with Crippen LogP contribution in [0.3, 0.4) is 0 Å². The molecule has 0 unspecified atom stereocenters. The number of carbonyl (C=O) groups is 5. The van der Waals surface area contributed by atoms with Crippen molar-refractivity contribution in [2.24, 2.45) is 22.4 Å². The minimum Gasteiger partial charge on any atom is -0.496 e. The minimum absolute atomic E-state index is 0.0547. The number of unbranched alkanes of at least 4 members (excludes halogenated alkanes) is 3. The van der Waals surface area contributed by atoms with Gasteiger partial charge in [-0.05, 0) is 85.7 Å². The van der Waals surface area contributed by atoms with Gasteiger partial charge in [0.05, 0.1) is 13.7 Å². The number of aromatic nitrogens is 1. The van der Waals surface area contributed by atoms with Crippen LogP contribution in [0.5, 0.6) is 5.75 Å². The van der Waals surface area contributed by atoms with Gasteiger partial charge in [0, 0.05) is 40.0 Å². The molecule has 3 aromatic carbocycles. The van der Waals surface area contributed by atoms with Crippen molar-refractivity contribution in [1.82, 2.24) is 10.3 Å². The highest BCUT2D eigenvalue weighted by Gasteiger charge is 2.27. The number of rotatable bonds is 20. The second kappa shape index (κ2) is 21.8. The third-order valence-electron chi connectivity index (χ3n) is 9.56. The fourth-order valence-electron chi connectivity index (χ4n) is 6.03. The molecule has 1 aliphatic rings. The van der Waals surface area contributed by atoms with Crippen molar-refractivity contribution < 1.29 is 42.9 Å². The van der Waals surface area contributed by atoms with Crippen LogP contribution < -0.4 is 26.8 Å². The molecule has 1 heterocycles. The summed E-state index contributed by atoms with van der Waals surface area (Å²) >= 11 is 0. The first-order valence-corrected chi connectivity index (χ1v) is 19.7. The van der Waals surface area contributed by atoms with Gasteiger partial charge >= 0.3 is 18.0 Å². The molecule has 0 spiro atoms. The van der Waals surface area contributed by atoms with E-state index in [9.17, 15) is 24.0 Å². The predicted molar refractivity (Wildman–Crippen MR) is 226 cm³/mol. The highest BCUT2D eigenvalue weighted by atomic mass is 16.7. The molecule has 1 aromatic heterocycles. The van der Waals surface area contributed by atoms with Crippen molar-refractivity contribution in [3.63, 3.8) is 0 Å². The maximum Gasteiger partial charge on any atom is 0.435 e. The summed E-state index contributed by atoms with van der Waals surface area (Å²) in [5.41, 5.74) is 14.2. The number of methoxy groups -OCH3 is 1. The summed E-state index contributed by atoms with van der Waals surface area (Å²) in [5, 5.41) is 5.67. The fourth-order valence-corrected chi connectivity index (χ4v) is 6.03. The van der Waals surface area contributed by atoms with Crippen LogP contribution in [-0.2, 0) is 25.4 Å². The summed E-state index contributed by atoms with van der Waals surface area (Å²) in [5.74, 6) is -2.29. The van der Waals surface area contributed by atoms with E-state index < -0.39 is 42.7 Å². The monoisotopic (exact) mass is 818 g/mol. The minimum atomic E-state index is -1.04. The molecule has 0 bridgehead atoms. The highest BCUT2D eigenvalue weighted by Crippen LogP contribution is 2.35. The molecule has 1 saturated carbocycles. The number of hydrogen-bond acceptors (Lipinski definition) is 11. The van der Waals surface area contributed by atoms with Crippen LogP contribution in [0.4, 0.5) is 10.5 Å². The van der Waals surface area contributed by atoms with Gasteiger partial charge in [-0.25, -0.2) is 14.6 Å². The lowest BCUT2D eigenvalue weighted by molar-refractivity contribution is -0.153. The van der Waals surface area contributed by atoms with Gasteiger partial charge in [0.25, 0.3) is 11.8 Å². The number of amidine groups is 1. The SMILES string of the molecule is C=Cc1cc(C(=O)Nc2ccc(C(N)=NC(=O)OCCCCCC)cc2)c(-c2ccc(C(=O)NCC3CC3)nc2C(=O)OCOC(=O)[C@@H](N)Cc2ccccc2)cc1OC. The molecule has 6 N–H and O–H groups in total. The second-order valence-corrected chi connectivity index (χ2v) is 14.1. The Labute approximate surface area is 348 Å². The number of amides is 3. The molecular formula is C45H50N6O9. The number of nitrogens with one attached hydrogen (secondary N) is 2. The summed E-state index contributed by atoms with van der Waals surface area (Å²) in [6.07, 6.45) is 6.72. The quantitative estimate of drug-likeness (QED) is 0.0249. The molecule has 1 fully saturated rings. The van der Waals surface area contributed by atoms with Gasteiger partial charge in [0.15, 0.2) is 5.69 Å². The third kappa shape index (κ3) is 12.6. The van der Waals surface area contributed by atoms with Gasteiger partial charge in [-0.1, -0.05) is 69.2 Å². The van der Waals surface area contributed by atoms with Gasteiger partial charge in [-0.2, -0.15) is 4.99 Å². The van der Waals surface area contributed by atoms with Crippen LogP contribution in [0.15, 0.2) is 90.4 Å². The van der Waals surface area contributed by atoms with Crippen molar-refractivity contribution in [2.45, 2.75) is 57.9 Å². The Morgan fingerprint density at radius 1 is 0.917 bits per heavy atom. The van der Waals surface area contributed by atoms with Crippen LogP contribution in [0.2, 0.25) is 0 Å². The third-order valence-corrected chi connectivity index (χ3v) is 9.56. The molecule has 15 heteroatoms. The Balaban J connectivity index is 1.39. The van der Waals surface area contributed by atoms with E-state index >= 15 is 0 Å². The topological polar surface area (TPSA) is 224 Å². The first-order chi connectivity index (χ1) is 29.0. The largest absolute Gasteiger partial charge is 0.496 e. The van der Waals surface area contributed by atoms with Crippen LogP contribution in [0.25, 0.3) is 17.2 Å². The van der Waals surface area contributed by atoms with Gasteiger partial charge < -0.3 is 41.0 Å². The Hall–Kier alpha value is -6.87. The molecule has 15 nitrogen and oxygen atoms in total. The molecule has 314 valence electrons. The van der Waals surface area contributed by atoms with Crippen molar-refractivity contribution in [2.75, 3.05) is 32.4 Å². The highest BCUT2D eigenvalue weighted by molar-refractivity contribution is 6.11. The predicted octanol–water partition coefficient (Wildman–Crippen LogP) is 6.44. The first-order valence-electron chi connectivity index (χ1n) is 19.7. The van der Waals surface area contributed by atoms with Gasteiger partial charge in [-0.3, -0.25) is 14.4 Å². The van der Waals surface area contributed by atoms with E-state index in [0.717, 1.165) is 44.1 Å². The van der Waals surface area contributed by atoms with Crippen LogP contribution in [0, 0.1) is 5.92 Å². The number of hydrogen-bond donors (Lipinski definition) is 4. The zero-order valence-electron chi connectivity index (χ0n) is 33.7. The van der Waals surface area contributed by atoms with Gasteiger partial charge in [0.1, 0.15) is 23.3 Å². The summed E-state index contributed by atoms with van der Waals surface area (Å²) in [6, 6.07) is 20.4. The Morgan fingerprint density at radius 2 is 1.67 bits per heavy atom. The summed E-state index contributed by atoms with van der Waals surface area (Å²) in [4.78, 5) is 74.1. The lowest BCUT2D eigenvalue weighted by Crippen LogP contribution is -2.35. The number of aliphatic imine (C=N–C) groups is 1. The number of anilines is 1. The number of pyridine rings is 1. The number of esters is 2. The van der Waals surface area contributed by atoms with Gasteiger partial charge in [-0.15, -0.1) is 0 Å². The smallest absolute Gasteiger partial charge is 0.435 e. The van der Waals surface area contributed by atoms with Crippen LogP contribution in [0.1, 0.15) is 93.5 Å². The summed E-state index contributed by atoms with van der Waals surface area (Å²) in [6.45, 7) is 5.85. The first kappa shape index (κ1) is 44.2. The van der Waals surface area contributed by atoms with E-state index in [-0.39, 0.29) is 46.9 Å². The number of nitrogens with two attached hydrogens (primary N) is 2. The molecule has 5 rings (SSSR count). The summed E-state index contributed by atoms with van der Waals surface area (Å²) < 4.78 is 21.3. The van der Waals surface area contributed by atoms with E-state index in [0.29, 0.717) is 35.0 Å². The Bertz CT molecular complexity index is 2200. The average Bonchev–Trinajstić information content (AvgIpc) is 4.10. The maximum atomic E-state index is 14.1. The van der Waals surface area contributed by atoms with E-state index in [1.165, 1.54) is 31.4 Å². The van der Waals surface area contributed by atoms with Crippen LogP contribution >= 0.6 is 0 Å². The normalized spacial score (nSPS) is 12.8. The van der Waals surface area contributed by atoms with Crippen molar-refractivity contribution in [1.29, 1.82) is 0 Å². The number of benzene rings is 3. The second-order valence-electron chi connectivity index (χ2n) is 14.1. The average molecular weight is 819 g/mol. The molecule has 0 aliphatic heterocycles. The van der Waals surface area contributed by atoms with Crippen molar-refractivity contribution in [3.8, 4) is 16.9 Å². The fraction of sp³-hybridized carbons (Fsp3) is 0.311. The Morgan fingerprint density at radius 3 is 2.35 bits per heavy atom. The number of ether oxygens (including phenoxy) is 4. The molecule has 3 amide bonds. The van der Waals surface area contributed by atoms with Gasteiger partial charge in [0.2, 0.25) is 6.79 Å². The lowest BCUT2D eigenvalue weighted by atomic mass is 9.94. The van der Waals surface area contributed by atoms with Crippen LogP contribution in [-0.4, -0.2) is 73.8 Å². The molecule has 4 aromatic rings. The summed E-state index contributed by atoms with van der Waals surface area (Å²) in [7, 11) is 1.44. The lowest BCUT2D eigenvalue weighted by Gasteiger charge is -2.17. The van der Waals surface area contributed by atoms with Crippen molar-refractivity contribution in [3.05, 3.63) is 119 Å². The van der Waals surface area contributed by atoms with E-state index in [1.54, 1.807) is 30.3 Å². The van der Waals surface area contributed by atoms with E-state index in [1.807, 2.05) is 30.3 Å². The standard InChI is InChI=1S/C45H50N6O9/c1-4-6-7-11-22-58-45(56)51-40(47)31-16-18-32(19-17-31)49-41(52)35-24-30(5-2)38(57-3)25-34(35)33-20-21-37(42(53)48-26-29-14-15-29)50-39(33)44(55)60-27-59-43(54)36(46)23-28-12-9-8-10-13-28/h5,8-10,12-13,16-21,24-25,29,36H,2,4,6-7,11,14-15,22-23,26-27,46H2,1,3H3,(H,48,53)(H,49,52)(H2,47,51,56)/t36-/m0/s1.